The topological polar surface area (TPSA) is 95.9 Å². The summed E-state index contributed by atoms with van der Waals surface area (Å²) in [6.45, 7) is 6.53. The van der Waals surface area contributed by atoms with Crippen LogP contribution in [0.2, 0.25) is 0 Å². The molecule has 0 aromatic rings. The first-order valence-corrected chi connectivity index (χ1v) is 28.3. The van der Waals surface area contributed by atoms with Crippen molar-refractivity contribution in [3.05, 3.63) is 0 Å². The van der Waals surface area contributed by atoms with Gasteiger partial charge in [-0.15, -0.1) is 0 Å². The Morgan fingerprint density at radius 3 is 0.984 bits per heavy atom. The number of aliphatic hydroxyl groups excluding tert-OH is 2. The van der Waals surface area contributed by atoms with Gasteiger partial charge in [0.2, 0.25) is 5.91 Å². The molecule has 62 heavy (non-hydrogen) atoms. The minimum absolute atomic E-state index is 0.0884. The van der Waals surface area contributed by atoms with Crippen molar-refractivity contribution in [1.29, 1.82) is 0 Å². The number of unbranched alkanes of at least 4 members (excludes halogenated alkanes) is 40. The number of aliphatic hydroxyl groups is 2. The molecule has 0 bridgehead atoms. The lowest BCUT2D eigenvalue weighted by molar-refractivity contribution is -0.151. The van der Waals surface area contributed by atoms with E-state index in [0.717, 1.165) is 38.5 Å². The average molecular weight is 879 g/mol. The second kappa shape index (κ2) is 50.9. The lowest BCUT2D eigenvalue weighted by Crippen LogP contribution is -2.46. The van der Waals surface area contributed by atoms with Gasteiger partial charge in [0.05, 0.1) is 25.2 Å². The highest BCUT2D eigenvalue weighted by molar-refractivity contribution is 5.77. The van der Waals surface area contributed by atoms with Gasteiger partial charge in [0.1, 0.15) is 6.10 Å². The second-order valence-corrected chi connectivity index (χ2v) is 19.7. The molecular formula is C56H111NO5. The largest absolute Gasteiger partial charge is 0.462 e. The first kappa shape index (κ1) is 60.9. The van der Waals surface area contributed by atoms with Crippen molar-refractivity contribution < 1.29 is 24.5 Å². The van der Waals surface area contributed by atoms with Crippen molar-refractivity contribution in [2.45, 2.75) is 341 Å². The highest BCUT2D eigenvalue weighted by atomic mass is 16.5. The van der Waals surface area contributed by atoms with Crippen LogP contribution < -0.4 is 5.32 Å². The Morgan fingerprint density at radius 1 is 0.403 bits per heavy atom. The summed E-state index contributed by atoms with van der Waals surface area (Å²) in [5.41, 5.74) is 0. The van der Waals surface area contributed by atoms with Gasteiger partial charge in [-0.25, -0.2) is 0 Å². The van der Waals surface area contributed by atoms with Crippen LogP contribution >= 0.6 is 0 Å². The van der Waals surface area contributed by atoms with Crippen molar-refractivity contribution in [2.24, 2.45) is 0 Å². The third-order valence-electron chi connectivity index (χ3n) is 13.4. The molecule has 3 atom stereocenters. The second-order valence-electron chi connectivity index (χ2n) is 19.7. The van der Waals surface area contributed by atoms with E-state index >= 15 is 0 Å². The molecule has 6 heteroatoms. The molecular weight excluding hydrogens is 767 g/mol. The van der Waals surface area contributed by atoms with Gasteiger partial charge in [-0.2, -0.15) is 0 Å². The molecule has 0 saturated carbocycles. The van der Waals surface area contributed by atoms with E-state index in [1.807, 2.05) is 0 Å². The number of carbonyl (C=O) groups excluding carboxylic acids is 2. The molecule has 0 aliphatic rings. The zero-order valence-corrected chi connectivity index (χ0v) is 42.3. The highest BCUT2D eigenvalue weighted by Gasteiger charge is 2.24. The van der Waals surface area contributed by atoms with E-state index in [2.05, 4.69) is 26.1 Å². The van der Waals surface area contributed by atoms with E-state index < -0.39 is 18.2 Å². The number of rotatable bonds is 52. The molecule has 3 N–H and O–H groups in total. The molecule has 6 nitrogen and oxygen atoms in total. The monoisotopic (exact) mass is 878 g/mol. The molecule has 0 aliphatic heterocycles. The van der Waals surface area contributed by atoms with Crippen LogP contribution in [0.4, 0.5) is 0 Å². The van der Waals surface area contributed by atoms with Gasteiger partial charge < -0.3 is 20.3 Å². The van der Waals surface area contributed by atoms with Crippen molar-refractivity contribution >= 4 is 11.9 Å². The van der Waals surface area contributed by atoms with E-state index in [0.29, 0.717) is 19.3 Å². The van der Waals surface area contributed by atoms with Crippen LogP contribution in [-0.4, -0.2) is 46.9 Å². The van der Waals surface area contributed by atoms with E-state index in [4.69, 9.17) is 4.74 Å². The Labute approximate surface area is 387 Å². The Kier molecular flexibility index (Phi) is 49.9. The Hall–Kier alpha value is -1.14. The highest BCUT2D eigenvalue weighted by Crippen LogP contribution is 2.19. The summed E-state index contributed by atoms with van der Waals surface area (Å²) in [5, 5.41) is 23.8. The van der Waals surface area contributed by atoms with E-state index in [9.17, 15) is 19.8 Å². The van der Waals surface area contributed by atoms with Gasteiger partial charge in [0.15, 0.2) is 0 Å². The smallest absolute Gasteiger partial charge is 0.306 e. The van der Waals surface area contributed by atoms with Gasteiger partial charge in [-0.1, -0.05) is 284 Å². The zero-order valence-electron chi connectivity index (χ0n) is 42.3. The average Bonchev–Trinajstić information content (AvgIpc) is 3.26. The number of nitrogens with one attached hydrogen (secondary N) is 1. The van der Waals surface area contributed by atoms with Gasteiger partial charge in [0, 0.05) is 6.42 Å². The molecule has 0 heterocycles. The van der Waals surface area contributed by atoms with Crippen molar-refractivity contribution in [2.75, 3.05) is 6.61 Å². The first-order valence-electron chi connectivity index (χ1n) is 28.3. The van der Waals surface area contributed by atoms with Crippen LogP contribution in [0.5, 0.6) is 0 Å². The lowest BCUT2D eigenvalue weighted by Gasteiger charge is -2.24. The number of hydrogen-bond donors (Lipinski definition) is 3. The normalized spacial score (nSPS) is 13.0. The fourth-order valence-electron chi connectivity index (χ4n) is 9.14. The van der Waals surface area contributed by atoms with E-state index in [-0.39, 0.29) is 24.9 Å². The van der Waals surface area contributed by atoms with E-state index in [1.165, 1.54) is 238 Å². The molecule has 1 amide bonds. The molecule has 0 spiro atoms. The van der Waals surface area contributed by atoms with Crippen LogP contribution in [0.3, 0.4) is 0 Å². The minimum Gasteiger partial charge on any atom is -0.462 e. The summed E-state index contributed by atoms with van der Waals surface area (Å²) >= 11 is 0. The number of hydrogen-bond acceptors (Lipinski definition) is 5. The molecule has 0 aliphatic carbocycles. The Balaban J connectivity index is 4.49. The third-order valence-corrected chi connectivity index (χ3v) is 13.4. The fraction of sp³-hybridized carbons (Fsp3) is 0.964. The van der Waals surface area contributed by atoms with Crippen LogP contribution in [0.1, 0.15) is 323 Å². The van der Waals surface area contributed by atoms with Crippen molar-refractivity contribution in [1.82, 2.24) is 5.32 Å². The van der Waals surface area contributed by atoms with Crippen molar-refractivity contribution in [3.8, 4) is 0 Å². The third kappa shape index (κ3) is 45.4. The number of amides is 1. The zero-order chi connectivity index (χ0) is 45.2. The summed E-state index contributed by atoms with van der Waals surface area (Å²) in [7, 11) is 0. The Bertz CT molecular complexity index is 898. The molecule has 3 unspecified atom stereocenters. The van der Waals surface area contributed by atoms with Gasteiger partial charge in [-0.3, -0.25) is 9.59 Å². The minimum atomic E-state index is -0.779. The number of carbonyl (C=O) groups is 2. The van der Waals surface area contributed by atoms with Crippen LogP contribution in [0.15, 0.2) is 0 Å². The molecule has 0 aromatic heterocycles. The summed E-state index contributed by atoms with van der Waals surface area (Å²) in [4.78, 5) is 26.2. The lowest BCUT2D eigenvalue weighted by atomic mass is 10.0. The van der Waals surface area contributed by atoms with Crippen LogP contribution in [0.25, 0.3) is 0 Å². The summed E-state index contributed by atoms with van der Waals surface area (Å²) < 4.78 is 5.96. The molecule has 370 valence electrons. The maximum Gasteiger partial charge on any atom is 0.306 e. The van der Waals surface area contributed by atoms with Gasteiger partial charge in [0.25, 0.3) is 0 Å². The number of ether oxygens (including phenoxy) is 1. The summed E-state index contributed by atoms with van der Waals surface area (Å²) in [6, 6.07) is -0.692. The van der Waals surface area contributed by atoms with Crippen molar-refractivity contribution in [3.63, 3.8) is 0 Å². The SMILES string of the molecule is CCCCCCCCCCCCCCCCCCC(=O)OC(CCCCCCCCCCCCCCCCC)CC(=O)NC(CO)C(O)CCCCCCCCCCCCCC. The summed E-state index contributed by atoms with van der Waals surface area (Å²) in [5.74, 6) is -0.446. The Morgan fingerprint density at radius 2 is 0.677 bits per heavy atom. The van der Waals surface area contributed by atoms with Crippen LogP contribution in [0, 0.1) is 0 Å². The first-order chi connectivity index (χ1) is 30.5. The van der Waals surface area contributed by atoms with Crippen LogP contribution in [-0.2, 0) is 14.3 Å². The maximum atomic E-state index is 13.2. The molecule has 0 rings (SSSR count). The predicted molar refractivity (Wildman–Crippen MR) is 269 cm³/mol. The van der Waals surface area contributed by atoms with Gasteiger partial charge >= 0.3 is 5.97 Å². The molecule has 0 aromatic carbocycles. The maximum absolute atomic E-state index is 13.2. The molecule has 0 radical (unpaired) electrons. The molecule has 0 fully saturated rings. The number of esters is 1. The fourth-order valence-corrected chi connectivity index (χ4v) is 9.14. The quantitative estimate of drug-likeness (QED) is 0.0418. The predicted octanol–water partition coefficient (Wildman–Crippen LogP) is 17.1. The standard InChI is InChI=1S/C56H111NO5/c1-4-7-10-13-16-19-22-25-27-29-31-34-37-40-43-46-49-56(61)62-52(47-44-41-38-35-32-30-28-26-23-20-17-14-11-8-5-2)50-55(60)57-53(51-58)54(59)48-45-42-39-36-33-24-21-18-15-12-9-6-3/h52-54,58-59H,4-51H2,1-3H3,(H,57,60). The molecule has 0 saturated heterocycles. The van der Waals surface area contributed by atoms with E-state index in [1.54, 1.807) is 0 Å². The van der Waals surface area contributed by atoms with Gasteiger partial charge in [-0.05, 0) is 25.7 Å². The summed E-state index contributed by atoms with van der Waals surface area (Å²) in [6.07, 6.45) is 55.9.